The molecule has 0 saturated carbocycles. The topological polar surface area (TPSA) is 0 Å². The zero-order valence-corrected chi connectivity index (χ0v) is 25.4. The van der Waals surface area contributed by atoms with E-state index in [1.807, 2.05) is 23.5 Å². The van der Waals surface area contributed by atoms with Crippen molar-refractivity contribution in [2.75, 3.05) is 11.5 Å². The summed E-state index contributed by atoms with van der Waals surface area (Å²) in [6, 6.07) is 4.18. The summed E-state index contributed by atoms with van der Waals surface area (Å²) >= 11 is 16.9. The zero-order chi connectivity index (χ0) is 24.7. The molecule has 0 unspecified atom stereocenters. The fourth-order valence-electron chi connectivity index (χ4n) is 4.27. The molecule has 0 bridgehead atoms. The van der Waals surface area contributed by atoms with E-state index in [0.717, 1.165) is 31.3 Å². The SMILES string of the molecule is CCCCCCCCCCCCSc1cc(Cl)c(SCCCCCCCCCCCC)cc1Cl. The second kappa shape index (κ2) is 23.9. The van der Waals surface area contributed by atoms with Crippen LogP contribution in [0.3, 0.4) is 0 Å². The molecule has 0 atom stereocenters. The van der Waals surface area contributed by atoms with Crippen LogP contribution in [-0.2, 0) is 0 Å². The summed E-state index contributed by atoms with van der Waals surface area (Å²) in [5.41, 5.74) is 0. The van der Waals surface area contributed by atoms with Crippen molar-refractivity contribution >= 4 is 46.7 Å². The van der Waals surface area contributed by atoms with Gasteiger partial charge in [0.15, 0.2) is 0 Å². The zero-order valence-electron chi connectivity index (χ0n) is 22.3. The molecule has 0 amide bonds. The van der Waals surface area contributed by atoms with Crippen LogP contribution in [0.5, 0.6) is 0 Å². The molecule has 0 radical (unpaired) electrons. The Morgan fingerprint density at radius 1 is 0.441 bits per heavy atom. The van der Waals surface area contributed by atoms with Gasteiger partial charge in [0.1, 0.15) is 0 Å². The average Bonchev–Trinajstić information content (AvgIpc) is 2.83. The molecule has 0 spiro atoms. The van der Waals surface area contributed by atoms with E-state index in [1.165, 1.54) is 128 Å². The monoisotopic (exact) mass is 546 g/mol. The maximum atomic E-state index is 6.58. The second-order valence-corrected chi connectivity index (χ2v) is 12.9. The molecule has 0 heterocycles. The van der Waals surface area contributed by atoms with Crippen LogP contribution < -0.4 is 0 Å². The van der Waals surface area contributed by atoms with E-state index in [-0.39, 0.29) is 0 Å². The van der Waals surface area contributed by atoms with Crippen molar-refractivity contribution in [2.45, 2.75) is 152 Å². The molecule has 0 fully saturated rings. The van der Waals surface area contributed by atoms with Gasteiger partial charge < -0.3 is 0 Å². The van der Waals surface area contributed by atoms with E-state index >= 15 is 0 Å². The number of rotatable bonds is 24. The Morgan fingerprint density at radius 3 is 1.00 bits per heavy atom. The Hall–Kier alpha value is 0.500. The van der Waals surface area contributed by atoms with E-state index in [9.17, 15) is 0 Å². The molecule has 34 heavy (non-hydrogen) atoms. The molecule has 0 aliphatic carbocycles. The van der Waals surface area contributed by atoms with E-state index < -0.39 is 0 Å². The Kier molecular flexibility index (Phi) is 22.8. The number of halogens is 2. The minimum absolute atomic E-state index is 0.868. The molecule has 0 aromatic heterocycles. The number of unbranched alkanes of at least 4 members (excludes halogenated alkanes) is 18. The summed E-state index contributed by atoms with van der Waals surface area (Å²) in [5.74, 6) is 2.27. The molecule has 0 nitrogen and oxygen atoms in total. The molecule has 0 N–H and O–H groups in total. The van der Waals surface area contributed by atoms with Crippen molar-refractivity contribution in [2.24, 2.45) is 0 Å². The van der Waals surface area contributed by atoms with E-state index in [1.54, 1.807) is 0 Å². The number of thioether (sulfide) groups is 2. The van der Waals surface area contributed by atoms with Gasteiger partial charge in [0.2, 0.25) is 0 Å². The smallest absolute Gasteiger partial charge is 0.0554 e. The molecular formula is C30H52Cl2S2. The Morgan fingerprint density at radius 2 is 0.706 bits per heavy atom. The lowest BCUT2D eigenvalue weighted by Gasteiger charge is -2.10. The van der Waals surface area contributed by atoms with Crippen LogP contribution in [0.1, 0.15) is 142 Å². The Labute approximate surface area is 231 Å². The highest BCUT2D eigenvalue weighted by Gasteiger charge is 2.09. The molecule has 198 valence electrons. The first-order valence-electron chi connectivity index (χ1n) is 14.4. The van der Waals surface area contributed by atoms with Crippen molar-refractivity contribution in [3.8, 4) is 0 Å². The molecule has 0 saturated heterocycles. The number of hydrogen-bond acceptors (Lipinski definition) is 2. The molecular weight excluding hydrogens is 495 g/mol. The summed E-state index contributed by atoms with van der Waals surface area (Å²) in [6.07, 6.45) is 27.6. The van der Waals surface area contributed by atoms with Crippen molar-refractivity contribution in [1.82, 2.24) is 0 Å². The minimum Gasteiger partial charge on any atom is -0.125 e. The standard InChI is InChI=1S/C30H52Cl2S2/c1-3-5-7-9-11-13-15-17-19-21-23-33-29-25-28(32)30(26-27(29)31)34-24-22-20-18-16-14-12-10-8-6-4-2/h25-26H,3-24H2,1-2H3. The maximum Gasteiger partial charge on any atom is 0.0554 e. The summed E-state index contributed by atoms with van der Waals surface area (Å²) in [5, 5.41) is 1.74. The first kappa shape index (κ1) is 32.5. The van der Waals surface area contributed by atoms with Crippen LogP contribution in [0.15, 0.2) is 21.9 Å². The molecule has 0 aliphatic heterocycles. The minimum atomic E-state index is 0.868. The highest BCUT2D eigenvalue weighted by molar-refractivity contribution is 7.99. The predicted molar refractivity (Wildman–Crippen MR) is 162 cm³/mol. The summed E-state index contributed by atoms with van der Waals surface area (Å²) in [7, 11) is 0. The lowest BCUT2D eigenvalue weighted by Crippen LogP contribution is -1.87. The van der Waals surface area contributed by atoms with Gasteiger partial charge in [-0.2, -0.15) is 0 Å². The third-order valence-electron chi connectivity index (χ3n) is 6.50. The lowest BCUT2D eigenvalue weighted by atomic mass is 10.1. The van der Waals surface area contributed by atoms with Crippen molar-refractivity contribution in [1.29, 1.82) is 0 Å². The van der Waals surface area contributed by atoms with Crippen molar-refractivity contribution < 1.29 is 0 Å². The average molecular weight is 548 g/mol. The van der Waals surface area contributed by atoms with Gasteiger partial charge in [-0.3, -0.25) is 0 Å². The van der Waals surface area contributed by atoms with Gasteiger partial charge in [0.05, 0.1) is 10.0 Å². The predicted octanol–water partition coefficient (Wildman–Crippen LogP) is 13.0. The van der Waals surface area contributed by atoms with Crippen molar-refractivity contribution in [3.05, 3.63) is 22.2 Å². The lowest BCUT2D eigenvalue weighted by molar-refractivity contribution is 0.563. The quantitative estimate of drug-likeness (QED) is 0.0932. The van der Waals surface area contributed by atoms with Gasteiger partial charge in [-0.05, 0) is 36.5 Å². The van der Waals surface area contributed by atoms with Crippen LogP contribution in [0.2, 0.25) is 10.0 Å². The number of benzene rings is 1. The van der Waals surface area contributed by atoms with Gasteiger partial charge in [-0.25, -0.2) is 0 Å². The van der Waals surface area contributed by atoms with E-state index in [4.69, 9.17) is 23.2 Å². The van der Waals surface area contributed by atoms with E-state index in [0.29, 0.717) is 0 Å². The molecule has 4 heteroatoms. The van der Waals surface area contributed by atoms with Gasteiger partial charge in [-0.15, -0.1) is 23.5 Å². The molecule has 1 rings (SSSR count). The summed E-state index contributed by atoms with van der Waals surface area (Å²) in [6.45, 7) is 4.57. The van der Waals surface area contributed by atoms with Crippen LogP contribution in [-0.4, -0.2) is 11.5 Å². The summed E-state index contributed by atoms with van der Waals surface area (Å²) in [4.78, 5) is 2.29. The highest BCUT2D eigenvalue weighted by atomic mass is 35.5. The summed E-state index contributed by atoms with van der Waals surface area (Å²) < 4.78 is 0. The normalized spacial score (nSPS) is 11.4. The van der Waals surface area contributed by atoms with Gasteiger partial charge in [0.25, 0.3) is 0 Å². The number of hydrogen-bond donors (Lipinski definition) is 0. The fourth-order valence-corrected chi connectivity index (χ4v) is 6.99. The molecule has 0 aliphatic rings. The first-order valence-corrected chi connectivity index (χ1v) is 17.2. The molecule has 1 aromatic rings. The Balaban J connectivity index is 2.07. The van der Waals surface area contributed by atoms with Gasteiger partial charge >= 0.3 is 0 Å². The maximum absolute atomic E-state index is 6.58. The first-order chi connectivity index (χ1) is 16.7. The largest absolute Gasteiger partial charge is 0.125 e. The fraction of sp³-hybridized carbons (Fsp3) is 0.800. The molecule has 1 aromatic carbocycles. The van der Waals surface area contributed by atoms with Crippen LogP contribution in [0.25, 0.3) is 0 Å². The Bertz CT molecular complexity index is 540. The van der Waals surface area contributed by atoms with Crippen LogP contribution in [0.4, 0.5) is 0 Å². The van der Waals surface area contributed by atoms with E-state index in [2.05, 4.69) is 26.0 Å². The van der Waals surface area contributed by atoms with Gasteiger partial charge in [0, 0.05) is 9.79 Å². The second-order valence-electron chi connectivity index (χ2n) is 9.77. The van der Waals surface area contributed by atoms with Crippen LogP contribution in [0, 0.1) is 0 Å². The third-order valence-corrected chi connectivity index (χ3v) is 9.63. The van der Waals surface area contributed by atoms with Crippen molar-refractivity contribution in [3.63, 3.8) is 0 Å². The van der Waals surface area contributed by atoms with Gasteiger partial charge in [-0.1, -0.05) is 153 Å². The highest BCUT2D eigenvalue weighted by Crippen LogP contribution is 2.37. The van der Waals surface area contributed by atoms with Crippen LogP contribution >= 0.6 is 46.7 Å². The third kappa shape index (κ3) is 17.9.